The maximum absolute atomic E-state index is 13.7. The first kappa shape index (κ1) is 15.7. The molecule has 0 heterocycles. The molecule has 0 aliphatic carbocycles. The molecule has 0 atom stereocenters. The van der Waals surface area contributed by atoms with Crippen molar-refractivity contribution in [1.29, 1.82) is 0 Å². The average Bonchev–Trinajstić information content (AvgIpc) is 2.48. The van der Waals surface area contributed by atoms with E-state index in [9.17, 15) is 26.7 Å². The van der Waals surface area contributed by atoms with E-state index in [-0.39, 0.29) is 0 Å². The number of anilines is 1. The van der Waals surface area contributed by atoms with Gasteiger partial charge in [-0.1, -0.05) is 12.1 Å². The Morgan fingerprint density at radius 2 is 1.50 bits per heavy atom. The number of ether oxygens (including phenoxy) is 1. The van der Waals surface area contributed by atoms with Gasteiger partial charge in [0.15, 0.2) is 17.4 Å². The minimum Gasteiger partial charge on any atom is -0.491 e. The molecule has 116 valence electrons. The first-order valence-electron chi connectivity index (χ1n) is 5.84. The molecule has 2 aromatic carbocycles. The molecule has 0 spiro atoms. The Morgan fingerprint density at radius 1 is 0.955 bits per heavy atom. The highest BCUT2D eigenvalue weighted by Gasteiger charge is 2.30. The summed E-state index contributed by atoms with van der Waals surface area (Å²) in [6.07, 6.45) is 0. The summed E-state index contributed by atoms with van der Waals surface area (Å²) in [5.74, 6) is -11.3. The van der Waals surface area contributed by atoms with Crippen molar-refractivity contribution in [3.63, 3.8) is 0 Å². The zero-order valence-corrected chi connectivity index (χ0v) is 11.0. The van der Waals surface area contributed by atoms with Gasteiger partial charge in [0.25, 0.3) is 5.91 Å². The molecule has 0 radical (unpaired) electrons. The second-order valence-electron chi connectivity index (χ2n) is 4.10. The smallest absolute Gasteiger partial charge is 0.261 e. The number of nitrogens with one attached hydrogen (secondary N) is 1. The summed E-state index contributed by atoms with van der Waals surface area (Å²) < 4.78 is 72.1. The molecule has 1 N–H and O–H groups in total. The molecule has 2 rings (SSSR count). The molecule has 22 heavy (non-hydrogen) atoms. The summed E-state index contributed by atoms with van der Waals surface area (Å²) in [6, 6.07) is 4.76. The van der Waals surface area contributed by atoms with E-state index in [2.05, 4.69) is 4.74 Å². The van der Waals surface area contributed by atoms with Gasteiger partial charge in [-0.3, -0.25) is 4.79 Å². The van der Waals surface area contributed by atoms with Crippen LogP contribution in [0.3, 0.4) is 0 Å². The molecule has 1 amide bonds. The van der Waals surface area contributed by atoms with Crippen LogP contribution in [0.25, 0.3) is 0 Å². The van der Waals surface area contributed by atoms with E-state index in [1.807, 2.05) is 5.32 Å². The van der Waals surface area contributed by atoms with Crippen LogP contribution in [0, 0.1) is 29.1 Å². The number of hydrogen-bond acceptors (Lipinski definition) is 2. The Morgan fingerprint density at radius 3 is 2.00 bits per heavy atom. The van der Waals surface area contributed by atoms with Crippen LogP contribution in [-0.4, -0.2) is 13.0 Å². The van der Waals surface area contributed by atoms with E-state index in [0.717, 1.165) is 19.2 Å². The third-order valence-corrected chi connectivity index (χ3v) is 2.78. The van der Waals surface area contributed by atoms with Crippen LogP contribution >= 0.6 is 0 Å². The maximum Gasteiger partial charge on any atom is 0.261 e. The minimum absolute atomic E-state index is 0.400. The fourth-order valence-electron chi connectivity index (χ4n) is 1.74. The predicted octanol–water partition coefficient (Wildman–Crippen LogP) is 3.64. The van der Waals surface area contributed by atoms with Crippen LogP contribution in [0.5, 0.6) is 5.75 Å². The Hall–Kier alpha value is -2.64. The van der Waals surface area contributed by atoms with Crippen molar-refractivity contribution in [1.82, 2.24) is 0 Å². The molecule has 0 saturated heterocycles. The first-order valence-corrected chi connectivity index (χ1v) is 5.84. The fourth-order valence-corrected chi connectivity index (χ4v) is 1.74. The Balaban J connectivity index is 2.49. The van der Waals surface area contributed by atoms with Crippen LogP contribution in [-0.2, 0) is 0 Å². The third-order valence-electron chi connectivity index (χ3n) is 2.78. The average molecular weight is 317 g/mol. The molecule has 2 aromatic rings. The van der Waals surface area contributed by atoms with Gasteiger partial charge < -0.3 is 10.1 Å². The van der Waals surface area contributed by atoms with Crippen molar-refractivity contribution in [2.24, 2.45) is 0 Å². The van der Waals surface area contributed by atoms with Crippen LogP contribution in [0.15, 0.2) is 24.3 Å². The molecule has 0 aromatic heterocycles. The second-order valence-corrected chi connectivity index (χ2v) is 4.10. The highest BCUT2D eigenvalue weighted by Crippen LogP contribution is 2.30. The standard InChI is InChI=1S/C14H8F5NO2/c1-22-13-11(18)9(16)8(10(17)12(13)19)14(21)20-7-5-3-2-4-6(7)15/h2-5H,1H3,(H,20,21). The lowest BCUT2D eigenvalue weighted by Gasteiger charge is -2.11. The summed E-state index contributed by atoms with van der Waals surface area (Å²) in [4.78, 5) is 11.8. The third kappa shape index (κ3) is 2.59. The molecule has 8 heteroatoms. The topological polar surface area (TPSA) is 38.3 Å². The van der Waals surface area contributed by atoms with E-state index in [1.54, 1.807) is 0 Å². The first-order chi connectivity index (χ1) is 10.4. The molecule has 0 fully saturated rings. The quantitative estimate of drug-likeness (QED) is 0.693. The van der Waals surface area contributed by atoms with Gasteiger partial charge >= 0.3 is 0 Å². The number of carbonyl (C=O) groups excluding carboxylic acids is 1. The zero-order valence-electron chi connectivity index (χ0n) is 11.0. The number of benzene rings is 2. The lowest BCUT2D eigenvalue weighted by molar-refractivity contribution is 0.101. The number of amides is 1. The summed E-state index contributed by atoms with van der Waals surface area (Å²) in [6.45, 7) is 0. The fraction of sp³-hybridized carbons (Fsp3) is 0.0714. The Kier molecular flexibility index (Phi) is 4.30. The van der Waals surface area contributed by atoms with Gasteiger partial charge in [0.05, 0.1) is 12.8 Å². The zero-order chi connectivity index (χ0) is 16.4. The van der Waals surface area contributed by atoms with Crippen molar-refractivity contribution in [2.75, 3.05) is 12.4 Å². The van der Waals surface area contributed by atoms with E-state index >= 15 is 0 Å². The largest absolute Gasteiger partial charge is 0.491 e. The number of methoxy groups -OCH3 is 1. The van der Waals surface area contributed by atoms with Crippen molar-refractivity contribution in [3.8, 4) is 5.75 Å². The normalized spacial score (nSPS) is 10.5. The van der Waals surface area contributed by atoms with Crippen molar-refractivity contribution in [3.05, 3.63) is 58.9 Å². The number of rotatable bonds is 3. The second kappa shape index (κ2) is 6.00. The van der Waals surface area contributed by atoms with Crippen LogP contribution in [0.2, 0.25) is 0 Å². The van der Waals surface area contributed by atoms with E-state index in [0.29, 0.717) is 0 Å². The number of carbonyl (C=O) groups is 1. The van der Waals surface area contributed by atoms with Crippen molar-refractivity contribution >= 4 is 11.6 Å². The predicted molar refractivity (Wildman–Crippen MR) is 67.2 cm³/mol. The Labute approximate surface area is 121 Å². The number of para-hydroxylation sites is 1. The summed E-state index contributed by atoms with van der Waals surface area (Å²) in [5, 5.41) is 1.83. The van der Waals surface area contributed by atoms with Gasteiger partial charge in [-0.25, -0.2) is 13.2 Å². The van der Waals surface area contributed by atoms with Gasteiger partial charge in [-0.05, 0) is 12.1 Å². The van der Waals surface area contributed by atoms with Gasteiger partial charge in [0.2, 0.25) is 11.6 Å². The van der Waals surface area contributed by atoms with E-state index in [1.165, 1.54) is 12.1 Å². The molecular weight excluding hydrogens is 309 g/mol. The van der Waals surface area contributed by atoms with Gasteiger partial charge in [-0.2, -0.15) is 8.78 Å². The molecule has 0 bridgehead atoms. The van der Waals surface area contributed by atoms with Crippen LogP contribution in [0.1, 0.15) is 10.4 Å². The molecule has 0 aliphatic heterocycles. The highest BCUT2D eigenvalue weighted by atomic mass is 19.2. The van der Waals surface area contributed by atoms with Crippen LogP contribution < -0.4 is 10.1 Å². The van der Waals surface area contributed by atoms with Crippen LogP contribution in [0.4, 0.5) is 27.6 Å². The molecule has 0 saturated carbocycles. The summed E-state index contributed by atoms with van der Waals surface area (Å²) >= 11 is 0. The summed E-state index contributed by atoms with van der Waals surface area (Å²) in [5.41, 5.74) is -1.91. The Bertz CT molecular complexity index is 719. The van der Waals surface area contributed by atoms with Crippen molar-refractivity contribution < 1.29 is 31.5 Å². The lowest BCUT2D eigenvalue weighted by atomic mass is 10.1. The molecular formula is C14H8F5NO2. The molecule has 0 unspecified atom stereocenters. The van der Waals surface area contributed by atoms with Gasteiger partial charge in [0, 0.05) is 0 Å². The van der Waals surface area contributed by atoms with E-state index in [4.69, 9.17) is 0 Å². The summed E-state index contributed by atoms with van der Waals surface area (Å²) in [7, 11) is 0.805. The number of halogens is 5. The SMILES string of the molecule is COc1c(F)c(F)c(C(=O)Nc2ccccc2F)c(F)c1F. The molecule has 3 nitrogen and oxygen atoms in total. The lowest BCUT2D eigenvalue weighted by Crippen LogP contribution is -2.19. The maximum atomic E-state index is 13.7. The van der Waals surface area contributed by atoms with Gasteiger partial charge in [0.1, 0.15) is 11.4 Å². The number of hydrogen-bond donors (Lipinski definition) is 1. The minimum atomic E-state index is -1.94. The van der Waals surface area contributed by atoms with Crippen molar-refractivity contribution in [2.45, 2.75) is 0 Å². The van der Waals surface area contributed by atoms with E-state index < -0.39 is 52.0 Å². The monoisotopic (exact) mass is 317 g/mol. The van der Waals surface area contributed by atoms with Gasteiger partial charge in [-0.15, -0.1) is 0 Å². The highest BCUT2D eigenvalue weighted by molar-refractivity contribution is 6.04. The molecule has 0 aliphatic rings.